The predicted octanol–water partition coefficient (Wildman–Crippen LogP) is 2.55. The lowest BCUT2D eigenvalue weighted by atomic mass is 10.3. The molecule has 0 radical (unpaired) electrons. The van der Waals surface area contributed by atoms with Gasteiger partial charge in [-0.3, -0.25) is 9.67 Å². The Hall–Kier alpha value is -2.61. The quantitative estimate of drug-likeness (QED) is 0.306. The highest BCUT2D eigenvalue weighted by molar-refractivity contribution is 7.22. The predicted molar refractivity (Wildman–Crippen MR) is 109 cm³/mol. The van der Waals surface area contributed by atoms with Gasteiger partial charge in [0, 0.05) is 45.1 Å². The van der Waals surface area contributed by atoms with Crippen molar-refractivity contribution in [2.45, 2.75) is 19.9 Å². The second-order valence-electron chi connectivity index (χ2n) is 5.72. The molecule has 3 N–H and O–H groups in total. The van der Waals surface area contributed by atoms with Crippen LogP contribution in [0.5, 0.6) is 0 Å². The Labute approximate surface area is 157 Å². The molecule has 0 unspecified atom stereocenters. The van der Waals surface area contributed by atoms with Gasteiger partial charge in [0.25, 0.3) is 0 Å². The van der Waals surface area contributed by atoms with E-state index in [1.165, 1.54) is 4.70 Å². The Balaban J connectivity index is 1.39. The van der Waals surface area contributed by atoms with Gasteiger partial charge >= 0.3 is 0 Å². The molecule has 1 aromatic carbocycles. The number of aryl methyl sites for hydroxylation is 1. The number of hydrogen-bond acceptors (Lipinski definition) is 5. The topological polar surface area (TPSA) is 79.2 Å². The summed E-state index contributed by atoms with van der Waals surface area (Å²) in [6.45, 7) is 6.13. The Morgan fingerprint density at radius 1 is 1.19 bits per heavy atom. The standard InChI is InChI=1S/C18H25N7S/c1-2-19-17(20-9-5-13-25-14-6-10-23-25)21-11-12-22-18-24-15-7-3-4-8-16(15)26-18/h3-4,6-8,10,14H,2,5,9,11-13H2,1H3,(H,22,24)(H2,19,20,21). The van der Waals surface area contributed by atoms with Gasteiger partial charge in [0.2, 0.25) is 0 Å². The van der Waals surface area contributed by atoms with E-state index in [4.69, 9.17) is 0 Å². The second kappa shape index (κ2) is 9.76. The Kier molecular flexibility index (Phi) is 6.83. The monoisotopic (exact) mass is 371 g/mol. The van der Waals surface area contributed by atoms with Crippen LogP contribution in [-0.2, 0) is 6.54 Å². The van der Waals surface area contributed by atoms with E-state index in [0.29, 0.717) is 0 Å². The van der Waals surface area contributed by atoms with E-state index in [0.717, 1.165) is 55.8 Å². The minimum Gasteiger partial charge on any atom is -0.360 e. The van der Waals surface area contributed by atoms with E-state index in [2.05, 4.69) is 44.0 Å². The van der Waals surface area contributed by atoms with Gasteiger partial charge in [-0.15, -0.1) is 0 Å². The highest BCUT2D eigenvalue weighted by Crippen LogP contribution is 2.24. The average molecular weight is 372 g/mol. The number of nitrogens with one attached hydrogen (secondary N) is 3. The maximum absolute atomic E-state index is 4.60. The summed E-state index contributed by atoms with van der Waals surface area (Å²) in [4.78, 5) is 9.18. The fourth-order valence-electron chi connectivity index (χ4n) is 2.50. The van der Waals surface area contributed by atoms with Crippen LogP contribution in [0.2, 0.25) is 0 Å². The summed E-state index contributed by atoms with van der Waals surface area (Å²) in [5.41, 5.74) is 1.04. The summed E-state index contributed by atoms with van der Waals surface area (Å²) in [5.74, 6) is 0.846. The SMILES string of the molecule is CCNC(=NCCCn1cccn1)NCCNc1nc2ccccc2s1. The zero-order valence-corrected chi connectivity index (χ0v) is 15.8. The number of para-hydroxylation sites is 1. The Morgan fingerprint density at radius 3 is 2.92 bits per heavy atom. The molecular formula is C18H25N7S. The number of fused-ring (bicyclic) bond motifs is 1. The lowest BCUT2D eigenvalue weighted by Crippen LogP contribution is -2.39. The average Bonchev–Trinajstić information content (AvgIpc) is 3.31. The van der Waals surface area contributed by atoms with E-state index in [1.807, 2.05) is 35.1 Å². The third-order valence-corrected chi connectivity index (χ3v) is 4.70. The van der Waals surface area contributed by atoms with Crippen LogP contribution in [0.3, 0.4) is 0 Å². The molecule has 0 aliphatic rings. The van der Waals surface area contributed by atoms with Gasteiger partial charge in [-0.05, 0) is 31.5 Å². The molecule has 0 amide bonds. The summed E-state index contributed by atoms with van der Waals surface area (Å²) in [6, 6.07) is 10.1. The van der Waals surface area contributed by atoms with Gasteiger partial charge in [0.05, 0.1) is 10.2 Å². The van der Waals surface area contributed by atoms with Crippen molar-refractivity contribution in [2.75, 3.05) is 31.5 Å². The third kappa shape index (κ3) is 5.45. The minimum absolute atomic E-state index is 0.764. The van der Waals surface area contributed by atoms with E-state index < -0.39 is 0 Å². The van der Waals surface area contributed by atoms with E-state index in [9.17, 15) is 0 Å². The molecule has 0 aliphatic carbocycles. The van der Waals surface area contributed by atoms with Gasteiger partial charge < -0.3 is 16.0 Å². The first-order chi connectivity index (χ1) is 12.8. The van der Waals surface area contributed by atoms with Gasteiger partial charge in [0.15, 0.2) is 11.1 Å². The van der Waals surface area contributed by atoms with Crippen molar-refractivity contribution in [1.82, 2.24) is 25.4 Å². The fourth-order valence-corrected chi connectivity index (χ4v) is 3.39. The van der Waals surface area contributed by atoms with Crippen LogP contribution < -0.4 is 16.0 Å². The summed E-state index contributed by atoms with van der Waals surface area (Å²) < 4.78 is 3.13. The number of nitrogens with zero attached hydrogens (tertiary/aromatic N) is 4. The van der Waals surface area contributed by atoms with Gasteiger partial charge in [0.1, 0.15) is 0 Å². The highest BCUT2D eigenvalue weighted by atomic mass is 32.1. The van der Waals surface area contributed by atoms with Gasteiger partial charge in [-0.25, -0.2) is 4.98 Å². The third-order valence-electron chi connectivity index (χ3n) is 3.71. The minimum atomic E-state index is 0.764. The van der Waals surface area contributed by atoms with Crippen LogP contribution in [0.15, 0.2) is 47.7 Å². The van der Waals surface area contributed by atoms with Crippen molar-refractivity contribution in [3.63, 3.8) is 0 Å². The summed E-state index contributed by atoms with van der Waals surface area (Å²) in [7, 11) is 0. The molecule has 2 heterocycles. The molecule has 0 saturated heterocycles. The molecule has 0 spiro atoms. The molecule has 0 fully saturated rings. The number of benzene rings is 1. The molecular weight excluding hydrogens is 346 g/mol. The molecule has 138 valence electrons. The van der Waals surface area contributed by atoms with E-state index in [-0.39, 0.29) is 0 Å². The summed E-state index contributed by atoms with van der Waals surface area (Å²) in [6.07, 6.45) is 4.73. The zero-order valence-electron chi connectivity index (χ0n) is 15.0. The van der Waals surface area contributed by atoms with Crippen LogP contribution in [0.25, 0.3) is 10.2 Å². The van der Waals surface area contributed by atoms with Crippen LogP contribution in [0.1, 0.15) is 13.3 Å². The molecule has 7 nitrogen and oxygen atoms in total. The molecule has 26 heavy (non-hydrogen) atoms. The van der Waals surface area contributed by atoms with Crippen LogP contribution in [0.4, 0.5) is 5.13 Å². The fraction of sp³-hybridized carbons (Fsp3) is 0.389. The molecule has 3 aromatic rings. The van der Waals surface area contributed by atoms with Crippen molar-refractivity contribution >= 4 is 32.6 Å². The lowest BCUT2D eigenvalue weighted by Gasteiger charge is -2.11. The van der Waals surface area contributed by atoms with Crippen molar-refractivity contribution < 1.29 is 0 Å². The summed E-state index contributed by atoms with van der Waals surface area (Å²) >= 11 is 1.68. The molecule has 0 saturated carbocycles. The number of guanidine groups is 1. The molecule has 2 aromatic heterocycles. The van der Waals surface area contributed by atoms with Crippen molar-refractivity contribution in [2.24, 2.45) is 4.99 Å². The number of aromatic nitrogens is 3. The normalized spacial score (nSPS) is 11.7. The van der Waals surface area contributed by atoms with Gasteiger partial charge in [-0.1, -0.05) is 23.5 Å². The molecule has 8 heteroatoms. The number of hydrogen-bond donors (Lipinski definition) is 3. The number of rotatable bonds is 9. The number of anilines is 1. The van der Waals surface area contributed by atoms with E-state index >= 15 is 0 Å². The largest absolute Gasteiger partial charge is 0.360 e. The van der Waals surface area contributed by atoms with Crippen LogP contribution >= 0.6 is 11.3 Å². The molecule has 0 atom stereocenters. The lowest BCUT2D eigenvalue weighted by molar-refractivity contribution is 0.584. The van der Waals surface area contributed by atoms with Crippen LogP contribution in [0, 0.1) is 0 Å². The van der Waals surface area contributed by atoms with Crippen molar-refractivity contribution in [3.05, 3.63) is 42.7 Å². The smallest absolute Gasteiger partial charge is 0.191 e. The molecule has 0 bridgehead atoms. The molecule has 0 aliphatic heterocycles. The maximum Gasteiger partial charge on any atom is 0.191 e. The maximum atomic E-state index is 4.60. The Morgan fingerprint density at radius 2 is 2.12 bits per heavy atom. The second-order valence-corrected chi connectivity index (χ2v) is 6.75. The van der Waals surface area contributed by atoms with E-state index in [1.54, 1.807) is 17.5 Å². The zero-order chi connectivity index (χ0) is 18.0. The van der Waals surface area contributed by atoms with Gasteiger partial charge in [-0.2, -0.15) is 5.10 Å². The van der Waals surface area contributed by atoms with Crippen LogP contribution in [-0.4, -0.2) is 46.9 Å². The first-order valence-corrected chi connectivity index (χ1v) is 9.76. The van der Waals surface area contributed by atoms with Crippen molar-refractivity contribution in [1.29, 1.82) is 0 Å². The highest BCUT2D eigenvalue weighted by Gasteiger charge is 2.02. The van der Waals surface area contributed by atoms with Crippen molar-refractivity contribution in [3.8, 4) is 0 Å². The first kappa shape index (κ1) is 18.2. The first-order valence-electron chi connectivity index (χ1n) is 8.94. The molecule has 3 rings (SSSR count). The number of aliphatic imine (C=N–C) groups is 1. The summed E-state index contributed by atoms with van der Waals surface area (Å²) in [5, 5.41) is 15.1. The Bertz CT molecular complexity index is 777. The number of thiazole rings is 1.